The first-order valence-corrected chi connectivity index (χ1v) is 8.51. The number of amides is 1. The summed E-state index contributed by atoms with van der Waals surface area (Å²) < 4.78 is 27.7. The minimum Gasteiger partial charge on any atom is -0.365 e. The van der Waals surface area contributed by atoms with Crippen LogP contribution < -0.4 is 10.2 Å². The van der Waals surface area contributed by atoms with Gasteiger partial charge in [-0.25, -0.2) is 8.78 Å². The first-order chi connectivity index (χ1) is 12.1. The zero-order valence-corrected chi connectivity index (χ0v) is 13.9. The molecule has 2 heterocycles. The molecule has 2 aromatic rings. The van der Waals surface area contributed by atoms with Gasteiger partial charge in [-0.1, -0.05) is 12.1 Å². The summed E-state index contributed by atoms with van der Waals surface area (Å²) in [7, 11) is 0. The molecule has 1 aromatic heterocycles. The van der Waals surface area contributed by atoms with Crippen LogP contribution in [0.3, 0.4) is 0 Å². The Hall–Kier alpha value is -2.50. The Labute approximate surface area is 145 Å². The van der Waals surface area contributed by atoms with Crippen LogP contribution in [-0.2, 0) is 11.2 Å². The van der Waals surface area contributed by atoms with Crippen LogP contribution in [0.25, 0.3) is 0 Å². The van der Waals surface area contributed by atoms with E-state index in [-0.39, 0.29) is 17.6 Å². The highest BCUT2D eigenvalue weighted by Gasteiger charge is 2.27. The largest absolute Gasteiger partial charge is 0.365 e. The molecule has 6 heteroatoms. The van der Waals surface area contributed by atoms with E-state index < -0.39 is 11.6 Å². The molecule has 0 aliphatic carbocycles. The lowest BCUT2D eigenvalue weighted by molar-refractivity contribution is -0.121. The Kier molecular flexibility index (Phi) is 5.58. The third kappa shape index (κ3) is 4.53. The molecular weight excluding hydrogens is 324 g/mol. The molecule has 1 N–H and O–H groups in total. The van der Waals surface area contributed by atoms with Crippen molar-refractivity contribution in [3.8, 4) is 0 Å². The van der Waals surface area contributed by atoms with Gasteiger partial charge in [0.15, 0.2) is 0 Å². The van der Waals surface area contributed by atoms with Crippen molar-refractivity contribution in [2.45, 2.75) is 31.7 Å². The van der Waals surface area contributed by atoms with Gasteiger partial charge in [-0.05, 0) is 43.5 Å². The van der Waals surface area contributed by atoms with Crippen LogP contribution in [0.1, 0.15) is 25.0 Å². The Morgan fingerprint density at radius 1 is 1.20 bits per heavy atom. The summed E-state index contributed by atoms with van der Waals surface area (Å²) in [5.74, 6) is -1.17. The molecule has 0 saturated carbocycles. The molecule has 1 aliphatic rings. The first kappa shape index (κ1) is 17.3. The quantitative estimate of drug-likeness (QED) is 0.875. The van der Waals surface area contributed by atoms with E-state index in [0.29, 0.717) is 25.9 Å². The Balaban J connectivity index is 1.46. The van der Waals surface area contributed by atoms with E-state index in [4.69, 9.17) is 0 Å². The molecule has 0 unspecified atom stereocenters. The molecule has 4 nitrogen and oxygen atoms in total. The molecule has 132 valence electrons. The fourth-order valence-corrected chi connectivity index (χ4v) is 3.15. The van der Waals surface area contributed by atoms with E-state index >= 15 is 0 Å². The Morgan fingerprint density at radius 3 is 2.72 bits per heavy atom. The highest BCUT2D eigenvalue weighted by molar-refractivity contribution is 5.76. The van der Waals surface area contributed by atoms with Gasteiger partial charge in [0.25, 0.3) is 0 Å². The zero-order chi connectivity index (χ0) is 17.6. The van der Waals surface area contributed by atoms with Crippen molar-refractivity contribution >= 4 is 11.6 Å². The third-order valence-electron chi connectivity index (χ3n) is 4.37. The average Bonchev–Trinajstić information content (AvgIpc) is 3.03. The molecule has 1 amide bonds. The smallest absolute Gasteiger partial charge is 0.220 e. The van der Waals surface area contributed by atoms with E-state index in [1.807, 2.05) is 18.2 Å². The molecule has 0 radical (unpaired) electrons. The van der Waals surface area contributed by atoms with Gasteiger partial charge in [0, 0.05) is 37.4 Å². The number of hydrogen-bond acceptors (Lipinski definition) is 3. The first-order valence-electron chi connectivity index (χ1n) is 8.51. The van der Waals surface area contributed by atoms with E-state index in [2.05, 4.69) is 10.3 Å². The van der Waals surface area contributed by atoms with Crippen LogP contribution >= 0.6 is 0 Å². The van der Waals surface area contributed by atoms with Crippen molar-refractivity contribution < 1.29 is 13.6 Å². The number of halogens is 2. The molecule has 0 bridgehead atoms. The summed E-state index contributed by atoms with van der Waals surface area (Å²) in [5, 5.41) is 2.96. The normalized spacial score (nSPS) is 16.9. The summed E-state index contributed by atoms with van der Waals surface area (Å²) in [4.78, 5) is 18.0. The minimum absolute atomic E-state index is 0.00518. The van der Waals surface area contributed by atoms with E-state index in [0.717, 1.165) is 18.5 Å². The lowest BCUT2D eigenvalue weighted by atomic mass is 10.1. The maximum absolute atomic E-state index is 13.8. The van der Waals surface area contributed by atoms with Crippen molar-refractivity contribution in [2.24, 2.45) is 0 Å². The lowest BCUT2D eigenvalue weighted by Crippen LogP contribution is -2.37. The number of nitrogens with one attached hydrogen (secondary N) is 1. The van der Waals surface area contributed by atoms with Crippen LogP contribution in [0.2, 0.25) is 0 Å². The third-order valence-corrected chi connectivity index (χ3v) is 4.37. The molecule has 1 aromatic carbocycles. The number of nitrogens with zero attached hydrogens (tertiary/aromatic N) is 2. The van der Waals surface area contributed by atoms with Gasteiger partial charge in [0.2, 0.25) is 5.91 Å². The summed E-state index contributed by atoms with van der Waals surface area (Å²) >= 11 is 0. The predicted octanol–water partition coefficient (Wildman–Crippen LogP) is 3.08. The molecular formula is C19H21F2N3O. The second-order valence-electron chi connectivity index (χ2n) is 6.24. The number of rotatable bonds is 6. The number of aromatic nitrogens is 1. The summed E-state index contributed by atoms with van der Waals surface area (Å²) in [6.07, 6.45) is 4.32. The number of anilines is 1. The molecule has 1 fully saturated rings. The van der Waals surface area contributed by atoms with E-state index in [9.17, 15) is 13.6 Å². The number of pyridine rings is 1. The van der Waals surface area contributed by atoms with Gasteiger partial charge in [-0.3, -0.25) is 9.78 Å². The molecule has 25 heavy (non-hydrogen) atoms. The summed E-state index contributed by atoms with van der Waals surface area (Å²) in [6, 6.07) is 9.50. The molecule has 0 spiro atoms. The lowest BCUT2D eigenvalue weighted by Gasteiger charge is -2.20. The number of carbonyl (C=O) groups excluding carboxylic acids is 1. The van der Waals surface area contributed by atoms with E-state index in [1.165, 1.54) is 18.2 Å². The number of aryl methyl sites for hydroxylation is 1. The fraction of sp³-hybridized carbons (Fsp3) is 0.368. The highest BCUT2D eigenvalue weighted by Crippen LogP contribution is 2.26. The SMILES string of the molecule is O=C(CCCc1ccccn1)N[C@@H]1CCN(c2c(F)cccc2F)C1. The molecule has 1 saturated heterocycles. The van der Waals surface area contributed by atoms with Crippen LogP contribution in [0, 0.1) is 11.6 Å². The Morgan fingerprint density at radius 2 is 2.00 bits per heavy atom. The van der Waals surface area contributed by atoms with Crippen LogP contribution in [0.15, 0.2) is 42.6 Å². The maximum atomic E-state index is 13.8. The predicted molar refractivity (Wildman–Crippen MR) is 92.3 cm³/mol. The van der Waals surface area contributed by atoms with Crippen LogP contribution in [0.5, 0.6) is 0 Å². The maximum Gasteiger partial charge on any atom is 0.220 e. The number of carbonyl (C=O) groups is 1. The Bertz CT molecular complexity index is 704. The topological polar surface area (TPSA) is 45.2 Å². The standard InChI is InChI=1S/C19H21F2N3O/c20-16-7-4-8-17(21)19(16)24-12-10-15(13-24)23-18(25)9-3-6-14-5-1-2-11-22-14/h1-2,4-5,7-8,11,15H,3,6,9-10,12-13H2,(H,23,25)/t15-/m1/s1. The monoisotopic (exact) mass is 345 g/mol. The number of hydrogen-bond donors (Lipinski definition) is 1. The summed E-state index contributed by atoms with van der Waals surface area (Å²) in [6.45, 7) is 0.945. The fourth-order valence-electron chi connectivity index (χ4n) is 3.15. The van der Waals surface area contributed by atoms with Crippen molar-refractivity contribution in [3.63, 3.8) is 0 Å². The van der Waals surface area contributed by atoms with Crippen LogP contribution in [0.4, 0.5) is 14.5 Å². The molecule has 1 atom stereocenters. The second-order valence-corrected chi connectivity index (χ2v) is 6.24. The summed E-state index contributed by atoms with van der Waals surface area (Å²) in [5.41, 5.74) is 0.965. The van der Waals surface area contributed by atoms with Gasteiger partial charge in [0.05, 0.1) is 0 Å². The van der Waals surface area contributed by atoms with Crippen molar-refractivity contribution in [1.82, 2.24) is 10.3 Å². The van der Waals surface area contributed by atoms with Crippen LogP contribution in [-0.4, -0.2) is 30.0 Å². The van der Waals surface area contributed by atoms with Gasteiger partial charge in [-0.2, -0.15) is 0 Å². The number of para-hydroxylation sites is 1. The van der Waals surface area contributed by atoms with E-state index in [1.54, 1.807) is 11.1 Å². The molecule has 3 rings (SSSR count). The van der Waals surface area contributed by atoms with Crippen molar-refractivity contribution in [1.29, 1.82) is 0 Å². The zero-order valence-electron chi connectivity index (χ0n) is 13.9. The van der Waals surface area contributed by atoms with Gasteiger partial charge >= 0.3 is 0 Å². The van der Waals surface area contributed by atoms with Crippen molar-refractivity contribution in [3.05, 3.63) is 59.9 Å². The van der Waals surface area contributed by atoms with Gasteiger partial charge < -0.3 is 10.2 Å². The highest BCUT2D eigenvalue weighted by atomic mass is 19.1. The van der Waals surface area contributed by atoms with Gasteiger partial charge in [-0.15, -0.1) is 0 Å². The number of benzene rings is 1. The molecule has 1 aliphatic heterocycles. The van der Waals surface area contributed by atoms with Gasteiger partial charge in [0.1, 0.15) is 17.3 Å². The van der Waals surface area contributed by atoms with Crippen molar-refractivity contribution in [2.75, 3.05) is 18.0 Å². The second kappa shape index (κ2) is 8.05. The average molecular weight is 345 g/mol. The minimum atomic E-state index is -0.567.